The molecule has 2 aromatic carbocycles. The van der Waals surface area contributed by atoms with E-state index in [2.05, 4.69) is 4.72 Å². The van der Waals surface area contributed by atoms with Gasteiger partial charge in [0.15, 0.2) is 5.58 Å². The fourth-order valence-electron chi connectivity index (χ4n) is 2.51. The van der Waals surface area contributed by atoms with E-state index in [1.54, 1.807) is 0 Å². The summed E-state index contributed by atoms with van der Waals surface area (Å²) in [5, 5.41) is 10.5. The molecule has 1 aromatic heterocycles. The minimum atomic E-state index is -3.96. The van der Waals surface area contributed by atoms with Crippen molar-refractivity contribution in [3.05, 3.63) is 64.4 Å². The minimum Gasteiger partial charge on any atom is -0.408 e. The van der Waals surface area contributed by atoms with Gasteiger partial charge in [-0.2, -0.15) is 0 Å². The molecule has 0 aliphatic rings. The van der Waals surface area contributed by atoms with E-state index in [9.17, 15) is 22.7 Å². The number of benzene rings is 2. The summed E-state index contributed by atoms with van der Waals surface area (Å²) < 4.78 is 46.6. The van der Waals surface area contributed by atoms with Gasteiger partial charge in [0.2, 0.25) is 10.0 Å². The number of hydrogen-bond donors (Lipinski definition) is 2. The van der Waals surface area contributed by atoms with Crippen molar-refractivity contribution in [3.63, 3.8) is 0 Å². The van der Waals surface area contributed by atoms with Crippen molar-refractivity contribution in [2.75, 3.05) is 6.54 Å². The molecule has 26 heavy (non-hydrogen) atoms. The second kappa shape index (κ2) is 6.35. The molecular formula is C17H17FN2O5S. The summed E-state index contributed by atoms with van der Waals surface area (Å²) in [6.45, 7) is 1.10. The zero-order valence-electron chi connectivity index (χ0n) is 14.1. The van der Waals surface area contributed by atoms with Gasteiger partial charge in [-0.25, -0.2) is 22.3 Å². The zero-order valence-corrected chi connectivity index (χ0v) is 14.9. The van der Waals surface area contributed by atoms with E-state index < -0.39 is 27.2 Å². The lowest BCUT2D eigenvalue weighted by molar-refractivity contribution is 0.0627. The Balaban J connectivity index is 1.84. The second-order valence-electron chi connectivity index (χ2n) is 6.16. The van der Waals surface area contributed by atoms with Crippen LogP contribution in [0.5, 0.6) is 0 Å². The fraction of sp³-hybridized carbons (Fsp3) is 0.235. The Hall–Kier alpha value is -2.49. The van der Waals surface area contributed by atoms with Crippen molar-refractivity contribution in [2.45, 2.75) is 17.4 Å². The van der Waals surface area contributed by atoms with Crippen molar-refractivity contribution in [1.82, 2.24) is 9.29 Å². The van der Waals surface area contributed by atoms with Crippen molar-refractivity contribution >= 4 is 21.1 Å². The van der Waals surface area contributed by atoms with Gasteiger partial charge in [-0.1, -0.05) is 12.1 Å². The van der Waals surface area contributed by atoms with Crippen LogP contribution in [0.1, 0.15) is 12.5 Å². The molecule has 0 spiro atoms. The summed E-state index contributed by atoms with van der Waals surface area (Å²) in [7, 11) is -2.45. The summed E-state index contributed by atoms with van der Waals surface area (Å²) in [5.41, 5.74) is -0.562. The number of halogens is 1. The van der Waals surface area contributed by atoms with E-state index in [1.807, 2.05) is 0 Å². The quantitative estimate of drug-likeness (QED) is 0.698. The molecule has 0 amide bonds. The molecule has 2 N–H and O–H groups in total. The molecule has 0 fully saturated rings. The van der Waals surface area contributed by atoms with Crippen molar-refractivity contribution < 1.29 is 22.3 Å². The SMILES string of the molecule is Cn1c(=O)oc2cc(S(=O)(=O)NCC(C)(O)c3ccc(F)cc3)ccc21. The molecular weight excluding hydrogens is 363 g/mol. The van der Waals surface area contributed by atoms with Crippen molar-refractivity contribution in [1.29, 1.82) is 0 Å². The largest absolute Gasteiger partial charge is 0.419 e. The molecule has 1 unspecified atom stereocenters. The van der Waals surface area contributed by atoms with Crippen LogP contribution in [0, 0.1) is 5.82 Å². The molecule has 3 rings (SSSR count). The first-order valence-corrected chi connectivity index (χ1v) is 9.16. The van der Waals surface area contributed by atoms with E-state index in [4.69, 9.17) is 4.42 Å². The van der Waals surface area contributed by atoms with Crippen LogP contribution in [-0.4, -0.2) is 24.6 Å². The zero-order chi connectivity index (χ0) is 19.1. The van der Waals surface area contributed by atoms with Gasteiger partial charge < -0.3 is 9.52 Å². The highest BCUT2D eigenvalue weighted by molar-refractivity contribution is 7.89. The van der Waals surface area contributed by atoms with Gasteiger partial charge in [-0.3, -0.25) is 4.57 Å². The Morgan fingerprint density at radius 3 is 2.54 bits per heavy atom. The van der Waals surface area contributed by atoms with Gasteiger partial charge in [-0.05, 0) is 36.8 Å². The number of fused-ring (bicyclic) bond motifs is 1. The van der Waals surface area contributed by atoms with Crippen LogP contribution in [0.3, 0.4) is 0 Å². The minimum absolute atomic E-state index is 0.103. The summed E-state index contributed by atoms with van der Waals surface area (Å²) in [5.74, 6) is -1.05. The third-order valence-corrected chi connectivity index (χ3v) is 5.55. The maximum absolute atomic E-state index is 13.0. The van der Waals surface area contributed by atoms with Crippen LogP contribution in [0.2, 0.25) is 0 Å². The molecule has 3 aromatic rings. The van der Waals surface area contributed by atoms with Crippen LogP contribution in [0.25, 0.3) is 11.1 Å². The highest BCUT2D eigenvalue weighted by atomic mass is 32.2. The predicted octanol–water partition coefficient (Wildman–Crippen LogP) is 1.46. The molecule has 0 radical (unpaired) electrons. The average molecular weight is 380 g/mol. The van der Waals surface area contributed by atoms with Crippen molar-refractivity contribution in [2.24, 2.45) is 7.05 Å². The van der Waals surface area contributed by atoms with Gasteiger partial charge in [0, 0.05) is 19.7 Å². The van der Waals surface area contributed by atoms with Crippen LogP contribution < -0.4 is 10.5 Å². The smallest absolute Gasteiger partial charge is 0.408 e. The molecule has 1 heterocycles. The monoisotopic (exact) mass is 380 g/mol. The summed E-state index contributed by atoms with van der Waals surface area (Å²) in [6, 6.07) is 9.18. The Bertz CT molecular complexity index is 1110. The average Bonchev–Trinajstić information content (AvgIpc) is 2.88. The van der Waals surface area contributed by atoms with E-state index in [0.717, 1.165) is 0 Å². The van der Waals surface area contributed by atoms with Gasteiger partial charge in [0.05, 0.1) is 10.4 Å². The standard InChI is InChI=1S/C17H17FN2O5S/c1-17(22,11-3-5-12(18)6-4-11)10-19-26(23,24)13-7-8-14-15(9-13)25-16(21)20(14)2/h3-9,19,22H,10H2,1-2H3. The third-order valence-electron chi connectivity index (χ3n) is 4.15. The number of aryl methyl sites for hydroxylation is 1. The number of aromatic nitrogens is 1. The molecule has 0 aliphatic carbocycles. The first kappa shape index (κ1) is 18.3. The van der Waals surface area contributed by atoms with Crippen molar-refractivity contribution in [3.8, 4) is 0 Å². The Labute approximate surface area is 148 Å². The van der Waals surface area contributed by atoms with Gasteiger partial charge in [0.25, 0.3) is 0 Å². The maximum atomic E-state index is 13.0. The first-order chi connectivity index (χ1) is 12.1. The summed E-state index contributed by atoms with van der Waals surface area (Å²) in [4.78, 5) is 11.4. The normalized spacial score (nSPS) is 14.5. The first-order valence-electron chi connectivity index (χ1n) is 7.68. The molecule has 138 valence electrons. The molecule has 0 bridgehead atoms. The van der Waals surface area contributed by atoms with E-state index in [0.29, 0.717) is 11.1 Å². The van der Waals surface area contributed by atoms with Crippen LogP contribution >= 0.6 is 0 Å². The second-order valence-corrected chi connectivity index (χ2v) is 7.93. The number of nitrogens with zero attached hydrogens (tertiary/aromatic N) is 1. The van der Waals surface area contributed by atoms with Gasteiger partial charge in [-0.15, -0.1) is 0 Å². The molecule has 1 atom stereocenters. The van der Waals surface area contributed by atoms with Gasteiger partial charge in [0.1, 0.15) is 11.4 Å². The lowest BCUT2D eigenvalue weighted by Crippen LogP contribution is -2.38. The summed E-state index contributed by atoms with van der Waals surface area (Å²) >= 11 is 0. The van der Waals surface area contributed by atoms with Crippen LogP contribution in [0.15, 0.2) is 56.6 Å². The molecule has 7 nitrogen and oxygen atoms in total. The molecule has 9 heteroatoms. The number of rotatable bonds is 5. The van der Waals surface area contributed by atoms with E-state index >= 15 is 0 Å². The predicted molar refractivity (Wildman–Crippen MR) is 92.6 cm³/mol. The number of hydrogen-bond acceptors (Lipinski definition) is 5. The van der Waals surface area contributed by atoms with E-state index in [-0.39, 0.29) is 17.0 Å². The number of nitrogens with one attached hydrogen (secondary N) is 1. The number of sulfonamides is 1. The maximum Gasteiger partial charge on any atom is 0.419 e. The third kappa shape index (κ3) is 3.41. The highest BCUT2D eigenvalue weighted by Crippen LogP contribution is 2.22. The van der Waals surface area contributed by atoms with Gasteiger partial charge >= 0.3 is 5.76 Å². The highest BCUT2D eigenvalue weighted by Gasteiger charge is 2.26. The Morgan fingerprint density at radius 1 is 1.23 bits per heavy atom. The van der Waals surface area contributed by atoms with E-state index in [1.165, 1.54) is 61.0 Å². The number of oxazole rings is 1. The topological polar surface area (TPSA) is 102 Å². The lowest BCUT2D eigenvalue weighted by Gasteiger charge is -2.24. The fourth-order valence-corrected chi connectivity index (χ4v) is 3.66. The summed E-state index contributed by atoms with van der Waals surface area (Å²) in [6.07, 6.45) is 0. The Kier molecular flexibility index (Phi) is 4.47. The van der Waals surface area contributed by atoms with Crippen LogP contribution in [0.4, 0.5) is 4.39 Å². The molecule has 0 saturated heterocycles. The molecule has 0 saturated carbocycles. The lowest BCUT2D eigenvalue weighted by atomic mass is 9.96. The molecule has 0 aliphatic heterocycles. The van der Waals surface area contributed by atoms with Crippen LogP contribution in [-0.2, 0) is 22.7 Å². The number of aliphatic hydroxyl groups is 1. The Morgan fingerprint density at radius 2 is 1.88 bits per heavy atom.